The van der Waals surface area contributed by atoms with E-state index in [0.717, 1.165) is 18.8 Å². The van der Waals surface area contributed by atoms with Crippen molar-refractivity contribution in [1.82, 2.24) is 4.90 Å². The Morgan fingerprint density at radius 2 is 2.05 bits per heavy atom. The summed E-state index contributed by atoms with van der Waals surface area (Å²) in [5.41, 5.74) is 2.69. The minimum absolute atomic E-state index is 0.255. The summed E-state index contributed by atoms with van der Waals surface area (Å²) >= 11 is 0. The molecule has 5 nitrogen and oxygen atoms in total. The lowest BCUT2D eigenvalue weighted by molar-refractivity contribution is -0.110. The molecule has 3 heterocycles. The number of morpholine rings is 1. The zero-order valence-electron chi connectivity index (χ0n) is 11.9. The maximum absolute atomic E-state index is 13.3. The van der Waals surface area contributed by atoms with Crippen molar-refractivity contribution in [3.8, 4) is 0 Å². The van der Waals surface area contributed by atoms with E-state index >= 15 is 0 Å². The van der Waals surface area contributed by atoms with Crippen LogP contribution in [0.25, 0.3) is 5.57 Å². The molecular weight excluding hydrogens is 287 g/mol. The van der Waals surface area contributed by atoms with E-state index in [-0.39, 0.29) is 11.7 Å². The first kappa shape index (κ1) is 13.3. The Hall–Kier alpha value is -2.34. The van der Waals surface area contributed by atoms with Gasteiger partial charge in [0.15, 0.2) is 0 Å². The van der Waals surface area contributed by atoms with Crippen molar-refractivity contribution in [3.05, 3.63) is 47.1 Å². The first-order valence-electron chi connectivity index (χ1n) is 7.24. The number of allylic oxidation sites excluding steroid dienone is 1. The van der Waals surface area contributed by atoms with Gasteiger partial charge in [0.05, 0.1) is 30.2 Å². The van der Waals surface area contributed by atoms with Gasteiger partial charge in [0.25, 0.3) is 5.91 Å². The lowest BCUT2D eigenvalue weighted by Crippen LogP contribution is -2.36. The minimum atomic E-state index is -0.373. The second-order valence-corrected chi connectivity index (χ2v) is 5.41. The van der Waals surface area contributed by atoms with Gasteiger partial charge >= 0.3 is 0 Å². The number of benzene rings is 1. The van der Waals surface area contributed by atoms with Gasteiger partial charge in [-0.25, -0.2) is 4.39 Å². The molecule has 3 aliphatic heterocycles. The number of rotatable bonds is 1. The van der Waals surface area contributed by atoms with Gasteiger partial charge in [0.2, 0.25) is 0 Å². The summed E-state index contributed by atoms with van der Waals surface area (Å²) in [5.74, 6) is -0.0818. The van der Waals surface area contributed by atoms with E-state index in [1.165, 1.54) is 12.1 Å². The summed E-state index contributed by atoms with van der Waals surface area (Å²) in [5, 5.41) is 2.68. The van der Waals surface area contributed by atoms with Crippen LogP contribution >= 0.6 is 0 Å². The minimum Gasteiger partial charge on any atom is -0.486 e. The highest BCUT2D eigenvalue weighted by atomic mass is 19.1. The van der Waals surface area contributed by atoms with Gasteiger partial charge in [0, 0.05) is 24.7 Å². The monoisotopic (exact) mass is 302 g/mol. The second-order valence-electron chi connectivity index (χ2n) is 5.41. The van der Waals surface area contributed by atoms with Gasteiger partial charge in [-0.1, -0.05) is 0 Å². The fourth-order valence-electron chi connectivity index (χ4n) is 2.95. The van der Waals surface area contributed by atoms with Gasteiger partial charge in [-0.2, -0.15) is 0 Å². The van der Waals surface area contributed by atoms with E-state index in [2.05, 4.69) is 10.2 Å². The molecule has 3 aliphatic rings. The normalized spacial score (nSPS) is 24.0. The van der Waals surface area contributed by atoms with Crippen molar-refractivity contribution in [3.63, 3.8) is 0 Å². The molecule has 1 aromatic carbocycles. The molecule has 0 saturated carbocycles. The van der Waals surface area contributed by atoms with Crippen LogP contribution in [0.4, 0.5) is 10.1 Å². The number of ether oxygens (including phenoxy) is 2. The van der Waals surface area contributed by atoms with Crippen LogP contribution in [0.15, 0.2) is 35.7 Å². The zero-order chi connectivity index (χ0) is 15.1. The highest BCUT2D eigenvalue weighted by Gasteiger charge is 2.31. The summed E-state index contributed by atoms with van der Waals surface area (Å²) in [6.07, 6.45) is 1.90. The van der Waals surface area contributed by atoms with Crippen molar-refractivity contribution < 1.29 is 18.7 Å². The summed E-state index contributed by atoms with van der Waals surface area (Å²) in [6, 6.07) is 4.28. The fraction of sp³-hybridized carbons (Fsp3) is 0.312. The average Bonchev–Trinajstić information content (AvgIpc) is 3.11. The first-order chi connectivity index (χ1) is 10.7. The molecule has 1 aromatic rings. The number of halogens is 1. The molecule has 0 radical (unpaired) electrons. The van der Waals surface area contributed by atoms with Crippen molar-refractivity contribution in [2.75, 3.05) is 38.2 Å². The summed E-state index contributed by atoms with van der Waals surface area (Å²) in [6.45, 7) is 3.50. The molecule has 0 bridgehead atoms. The van der Waals surface area contributed by atoms with Crippen LogP contribution < -0.4 is 5.32 Å². The highest BCUT2D eigenvalue weighted by molar-refractivity contribution is 6.32. The standard InChI is InChI=1S/C16H15FN2O3/c17-10-1-2-12-13(7-10)18-16(20)15(12)14-8-11(9-22-14)19-3-5-21-6-4-19/h1-2,7-8H,3-6,9H2,(H,18,20)/b15-14-. The Morgan fingerprint density at radius 3 is 2.86 bits per heavy atom. The van der Waals surface area contributed by atoms with E-state index in [0.29, 0.717) is 42.4 Å². The number of hydrogen-bond acceptors (Lipinski definition) is 4. The predicted molar refractivity (Wildman–Crippen MR) is 78.4 cm³/mol. The Balaban J connectivity index is 1.70. The van der Waals surface area contributed by atoms with Crippen molar-refractivity contribution in [2.45, 2.75) is 0 Å². The molecule has 114 valence electrons. The Kier molecular flexibility index (Phi) is 3.11. The molecule has 1 fully saturated rings. The van der Waals surface area contributed by atoms with Crippen LogP contribution in [0.5, 0.6) is 0 Å². The molecule has 0 atom stereocenters. The molecule has 0 spiro atoms. The Bertz CT molecular complexity index is 705. The molecule has 4 rings (SSSR count). The topological polar surface area (TPSA) is 50.8 Å². The van der Waals surface area contributed by atoms with Gasteiger partial charge in [-0.05, 0) is 18.2 Å². The molecule has 1 saturated heterocycles. The highest BCUT2D eigenvalue weighted by Crippen LogP contribution is 2.37. The van der Waals surface area contributed by atoms with Crippen LogP contribution in [0.2, 0.25) is 0 Å². The predicted octanol–water partition coefficient (Wildman–Crippen LogP) is 1.74. The van der Waals surface area contributed by atoms with E-state index in [4.69, 9.17) is 9.47 Å². The van der Waals surface area contributed by atoms with Crippen molar-refractivity contribution in [2.24, 2.45) is 0 Å². The quantitative estimate of drug-likeness (QED) is 0.803. The Morgan fingerprint density at radius 1 is 1.23 bits per heavy atom. The average molecular weight is 302 g/mol. The van der Waals surface area contributed by atoms with Crippen LogP contribution in [0.3, 0.4) is 0 Å². The maximum atomic E-state index is 13.3. The number of anilines is 1. The first-order valence-corrected chi connectivity index (χ1v) is 7.24. The lowest BCUT2D eigenvalue weighted by atomic mass is 10.1. The third kappa shape index (κ3) is 2.16. The van der Waals surface area contributed by atoms with Gasteiger partial charge < -0.3 is 19.7 Å². The molecule has 0 unspecified atom stereocenters. The number of carbonyl (C=O) groups is 1. The Labute approximate surface area is 127 Å². The molecular formula is C16H15FN2O3. The van der Waals surface area contributed by atoms with E-state index < -0.39 is 0 Å². The summed E-state index contributed by atoms with van der Waals surface area (Å²) < 4.78 is 24.3. The second kappa shape index (κ2) is 5.14. The molecule has 0 aromatic heterocycles. The van der Waals surface area contributed by atoms with Gasteiger partial charge in [-0.3, -0.25) is 4.79 Å². The molecule has 22 heavy (non-hydrogen) atoms. The number of nitrogens with one attached hydrogen (secondary N) is 1. The third-order valence-corrected chi connectivity index (χ3v) is 4.06. The largest absolute Gasteiger partial charge is 0.486 e. The van der Waals surface area contributed by atoms with Crippen molar-refractivity contribution in [1.29, 1.82) is 0 Å². The van der Waals surface area contributed by atoms with Crippen LogP contribution in [0, 0.1) is 5.82 Å². The van der Waals surface area contributed by atoms with Gasteiger partial charge in [-0.15, -0.1) is 0 Å². The SMILES string of the molecule is O=C1Nc2cc(F)ccc2/C1=C1\C=C(N2CCOCC2)CO1. The number of carbonyl (C=O) groups excluding carboxylic acids is 1. The smallest absolute Gasteiger partial charge is 0.260 e. The lowest BCUT2D eigenvalue weighted by Gasteiger charge is -2.28. The zero-order valence-corrected chi connectivity index (χ0v) is 11.9. The summed E-state index contributed by atoms with van der Waals surface area (Å²) in [4.78, 5) is 14.4. The third-order valence-electron chi connectivity index (χ3n) is 4.06. The van der Waals surface area contributed by atoms with Crippen LogP contribution in [-0.4, -0.2) is 43.7 Å². The number of hydrogen-bond donors (Lipinski definition) is 1. The maximum Gasteiger partial charge on any atom is 0.260 e. The van der Waals surface area contributed by atoms with E-state index in [1.54, 1.807) is 6.07 Å². The molecule has 1 amide bonds. The van der Waals surface area contributed by atoms with Gasteiger partial charge in [0.1, 0.15) is 18.2 Å². The van der Waals surface area contributed by atoms with Crippen molar-refractivity contribution >= 4 is 17.2 Å². The number of amides is 1. The number of fused-ring (bicyclic) bond motifs is 1. The number of nitrogens with zero attached hydrogens (tertiary/aromatic N) is 1. The molecule has 1 N–H and O–H groups in total. The van der Waals surface area contributed by atoms with E-state index in [9.17, 15) is 9.18 Å². The fourth-order valence-corrected chi connectivity index (χ4v) is 2.95. The molecule has 6 heteroatoms. The van der Waals surface area contributed by atoms with E-state index in [1.807, 2.05) is 6.08 Å². The summed E-state index contributed by atoms with van der Waals surface area (Å²) in [7, 11) is 0. The molecule has 0 aliphatic carbocycles. The van der Waals surface area contributed by atoms with Crippen LogP contribution in [-0.2, 0) is 14.3 Å². The van der Waals surface area contributed by atoms with Crippen LogP contribution in [0.1, 0.15) is 5.56 Å².